The predicted octanol–water partition coefficient (Wildman–Crippen LogP) is 1.46. The lowest BCUT2D eigenvalue weighted by atomic mass is 9.93. The van der Waals surface area contributed by atoms with E-state index in [-0.39, 0.29) is 24.0 Å². The van der Waals surface area contributed by atoms with Crippen molar-refractivity contribution in [1.82, 2.24) is 10.2 Å². The van der Waals surface area contributed by atoms with E-state index in [1.165, 1.54) is 0 Å². The minimum absolute atomic E-state index is 0.0504. The molecule has 0 aromatic heterocycles. The Bertz CT molecular complexity index is 375. The van der Waals surface area contributed by atoms with Crippen LogP contribution in [0, 0.1) is 0 Å². The molecular weight excluding hydrogens is 256 g/mol. The van der Waals surface area contributed by atoms with E-state index in [1.807, 2.05) is 20.8 Å². The first-order valence-electron chi connectivity index (χ1n) is 7.71. The van der Waals surface area contributed by atoms with Crippen LogP contribution in [0.2, 0.25) is 0 Å². The molecule has 2 aliphatic rings. The number of nitrogens with one attached hydrogen (secondary N) is 1. The predicted molar refractivity (Wildman–Crippen MR) is 76.2 cm³/mol. The van der Waals surface area contributed by atoms with Crippen molar-refractivity contribution in [2.45, 2.75) is 70.6 Å². The molecule has 20 heavy (non-hydrogen) atoms. The SMILES string of the molecule is CCCC1NC(=O)C(C)(C)N(CCC2CCCO2)C1=O. The number of carbonyl (C=O) groups excluding carboxylic acids is 2. The summed E-state index contributed by atoms with van der Waals surface area (Å²) in [5, 5.41) is 2.85. The standard InChI is InChI=1S/C15H26N2O3/c1-4-6-12-13(18)17(15(2,3)14(19)16-12)9-8-11-7-5-10-20-11/h11-12H,4-10H2,1-3H3,(H,16,19). The summed E-state index contributed by atoms with van der Waals surface area (Å²) in [5.74, 6) is -0.00247. The smallest absolute Gasteiger partial charge is 0.246 e. The molecule has 114 valence electrons. The largest absolute Gasteiger partial charge is 0.378 e. The third-order valence-corrected chi connectivity index (χ3v) is 4.38. The maximum Gasteiger partial charge on any atom is 0.246 e. The lowest BCUT2D eigenvalue weighted by Crippen LogP contribution is -2.68. The zero-order chi connectivity index (χ0) is 14.8. The number of rotatable bonds is 5. The van der Waals surface area contributed by atoms with Crippen molar-refractivity contribution in [3.63, 3.8) is 0 Å². The second-order valence-corrected chi connectivity index (χ2v) is 6.29. The number of hydrogen-bond donors (Lipinski definition) is 1. The molecule has 1 N–H and O–H groups in total. The van der Waals surface area contributed by atoms with Gasteiger partial charge >= 0.3 is 0 Å². The van der Waals surface area contributed by atoms with Crippen molar-refractivity contribution in [1.29, 1.82) is 0 Å². The molecule has 0 saturated carbocycles. The van der Waals surface area contributed by atoms with Crippen LogP contribution in [0.15, 0.2) is 0 Å². The van der Waals surface area contributed by atoms with E-state index in [9.17, 15) is 9.59 Å². The monoisotopic (exact) mass is 282 g/mol. The van der Waals surface area contributed by atoms with E-state index < -0.39 is 5.54 Å². The van der Waals surface area contributed by atoms with Gasteiger partial charge in [0.05, 0.1) is 6.10 Å². The lowest BCUT2D eigenvalue weighted by molar-refractivity contribution is -0.155. The van der Waals surface area contributed by atoms with Crippen LogP contribution < -0.4 is 5.32 Å². The molecule has 2 amide bonds. The van der Waals surface area contributed by atoms with Gasteiger partial charge < -0.3 is 15.0 Å². The Morgan fingerprint density at radius 1 is 1.35 bits per heavy atom. The number of hydrogen-bond acceptors (Lipinski definition) is 3. The van der Waals surface area contributed by atoms with Gasteiger partial charge in [0, 0.05) is 13.2 Å². The molecule has 0 aromatic rings. The van der Waals surface area contributed by atoms with Crippen molar-refractivity contribution in [2.24, 2.45) is 0 Å². The summed E-state index contributed by atoms with van der Waals surface area (Å²) in [7, 11) is 0. The van der Waals surface area contributed by atoms with Gasteiger partial charge in [0.1, 0.15) is 11.6 Å². The summed E-state index contributed by atoms with van der Waals surface area (Å²) >= 11 is 0. The summed E-state index contributed by atoms with van der Waals surface area (Å²) in [5.41, 5.74) is -0.764. The molecule has 2 heterocycles. The van der Waals surface area contributed by atoms with Gasteiger partial charge in [-0.3, -0.25) is 9.59 Å². The molecular formula is C15H26N2O3. The first-order chi connectivity index (χ1) is 9.46. The van der Waals surface area contributed by atoms with Crippen LogP contribution in [0.3, 0.4) is 0 Å². The highest BCUT2D eigenvalue weighted by Gasteiger charge is 2.45. The first-order valence-corrected chi connectivity index (χ1v) is 7.71. The minimum atomic E-state index is -0.764. The van der Waals surface area contributed by atoms with Crippen molar-refractivity contribution < 1.29 is 14.3 Å². The Balaban J connectivity index is 2.04. The Hall–Kier alpha value is -1.10. The fraction of sp³-hybridized carbons (Fsp3) is 0.867. The van der Waals surface area contributed by atoms with Gasteiger partial charge in [-0.05, 0) is 39.5 Å². The normalized spacial score (nSPS) is 29.6. The summed E-state index contributed by atoms with van der Waals surface area (Å²) in [6.07, 6.45) is 4.82. The molecule has 0 bridgehead atoms. The van der Waals surface area contributed by atoms with E-state index >= 15 is 0 Å². The molecule has 2 aliphatic heterocycles. The zero-order valence-electron chi connectivity index (χ0n) is 12.8. The second kappa shape index (κ2) is 6.12. The average molecular weight is 282 g/mol. The molecule has 0 radical (unpaired) electrons. The summed E-state index contributed by atoms with van der Waals surface area (Å²) in [6, 6.07) is -0.356. The summed E-state index contributed by atoms with van der Waals surface area (Å²) in [4.78, 5) is 26.5. The van der Waals surface area contributed by atoms with Gasteiger partial charge in [0.25, 0.3) is 0 Å². The number of carbonyl (C=O) groups is 2. The van der Waals surface area contributed by atoms with Gasteiger partial charge in [0.2, 0.25) is 11.8 Å². The Morgan fingerprint density at radius 2 is 2.10 bits per heavy atom. The van der Waals surface area contributed by atoms with E-state index in [1.54, 1.807) is 4.90 Å². The van der Waals surface area contributed by atoms with Crippen LogP contribution in [0.4, 0.5) is 0 Å². The van der Waals surface area contributed by atoms with Crippen molar-refractivity contribution in [2.75, 3.05) is 13.2 Å². The lowest BCUT2D eigenvalue weighted by Gasteiger charge is -2.44. The molecule has 2 fully saturated rings. The van der Waals surface area contributed by atoms with Crippen molar-refractivity contribution in [3.05, 3.63) is 0 Å². The van der Waals surface area contributed by atoms with E-state index in [0.717, 1.165) is 32.3 Å². The van der Waals surface area contributed by atoms with Gasteiger partial charge in [-0.2, -0.15) is 0 Å². The van der Waals surface area contributed by atoms with Gasteiger partial charge in [-0.15, -0.1) is 0 Å². The topological polar surface area (TPSA) is 58.6 Å². The highest BCUT2D eigenvalue weighted by molar-refractivity contribution is 5.99. The Morgan fingerprint density at radius 3 is 2.70 bits per heavy atom. The molecule has 5 heteroatoms. The molecule has 2 rings (SSSR count). The van der Waals surface area contributed by atoms with Crippen molar-refractivity contribution in [3.8, 4) is 0 Å². The van der Waals surface area contributed by atoms with Crippen LogP contribution in [-0.4, -0.2) is 47.6 Å². The quantitative estimate of drug-likeness (QED) is 0.830. The van der Waals surface area contributed by atoms with Crippen LogP contribution >= 0.6 is 0 Å². The first kappa shape index (κ1) is 15.3. The van der Waals surface area contributed by atoms with Gasteiger partial charge in [-0.25, -0.2) is 0 Å². The van der Waals surface area contributed by atoms with Crippen LogP contribution in [0.5, 0.6) is 0 Å². The molecule has 0 aliphatic carbocycles. The fourth-order valence-corrected chi connectivity index (χ4v) is 3.00. The highest BCUT2D eigenvalue weighted by Crippen LogP contribution is 2.25. The average Bonchev–Trinajstić information content (AvgIpc) is 2.89. The van der Waals surface area contributed by atoms with Gasteiger partial charge in [-0.1, -0.05) is 13.3 Å². The highest BCUT2D eigenvalue weighted by atomic mass is 16.5. The molecule has 0 aromatic carbocycles. The maximum absolute atomic E-state index is 12.6. The van der Waals surface area contributed by atoms with E-state index in [4.69, 9.17) is 4.74 Å². The van der Waals surface area contributed by atoms with E-state index in [2.05, 4.69) is 5.32 Å². The Kier molecular flexibility index (Phi) is 4.68. The molecule has 2 atom stereocenters. The summed E-state index contributed by atoms with van der Waals surface area (Å²) < 4.78 is 5.61. The molecule has 0 spiro atoms. The third-order valence-electron chi connectivity index (χ3n) is 4.38. The van der Waals surface area contributed by atoms with Crippen molar-refractivity contribution >= 4 is 11.8 Å². The number of amides is 2. The summed E-state index contributed by atoms with van der Waals surface area (Å²) in [6.45, 7) is 7.08. The number of nitrogens with zero attached hydrogens (tertiary/aromatic N) is 1. The van der Waals surface area contributed by atoms with Crippen LogP contribution in [-0.2, 0) is 14.3 Å². The van der Waals surface area contributed by atoms with Gasteiger partial charge in [0.15, 0.2) is 0 Å². The Labute approximate surface area is 121 Å². The third kappa shape index (κ3) is 2.97. The van der Waals surface area contributed by atoms with Crippen LogP contribution in [0.1, 0.15) is 52.9 Å². The second-order valence-electron chi connectivity index (χ2n) is 6.29. The van der Waals surface area contributed by atoms with Crippen LogP contribution in [0.25, 0.3) is 0 Å². The molecule has 5 nitrogen and oxygen atoms in total. The van der Waals surface area contributed by atoms with E-state index in [0.29, 0.717) is 13.0 Å². The fourth-order valence-electron chi connectivity index (χ4n) is 3.00. The minimum Gasteiger partial charge on any atom is -0.378 e. The zero-order valence-corrected chi connectivity index (χ0v) is 12.8. The molecule has 2 unspecified atom stereocenters. The maximum atomic E-state index is 12.6. The number of piperazine rings is 1. The molecule has 2 saturated heterocycles. The number of ether oxygens (including phenoxy) is 1.